The molecule has 0 unspecified atom stereocenters. The summed E-state index contributed by atoms with van der Waals surface area (Å²) in [6.07, 6.45) is 4.18. The Hall–Kier alpha value is -3.70. The third-order valence-corrected chi connectivity index (χ3v) is 8.66. The normalized spacial score (nSPS) is 15.8. The van der Waals surface area contributed by atoms with Crippen LogP contribution < -0.4 is 0 Å². The van der Waals surface area contributed by atoms with Gasteiger partial charge in [0.15, 0.2) is 9.84 Å². The minimum atomic E-state index is -3.71. The monoisotopic (exact) mass is 551 g/mol. The quantitative estimate of drug-likeness (QED) is 0.306. The largest absolute Gasteiger partial charge is 0.381 e. The second-order valence-corrected chi connectivity index (χ2v) is 12.1. The van der Waals surface area contributed by atoms with Crippen molar-refractivity contribution < 1.29 is 21.9 Å². The molecule has 0 saturated carbocycles. The molecule has 1 atom stereocenters. The molecule has 8 nitrogen and oxygen atoms in total. The first-order valence-corrected chi connectivity index (χ1v) is 14.6. The second kappa shape index (κ2) is 9.49. The Morgan fingerprint density at radius 1 is 1.05 bits per heavy atom. The van der Waals surface area contributed by atoms with Crippen LogP contribution in [0, 0.1) is 24.5 Å². The SMILES string of the molecule is Cc1nnn(C)c1-c1cnc2c3c(F)cc(S(C)(=O)=O)cc3n([C@H](c3ccc(F)cc3)C3CCOCC3)c2c1. The third kappa shape index (κ3) is 4.39. The standard InChI is InChI=1S/C28H27F2N5O3S/c1-16-27(34(2)33-32-16)19-12-24-26(31-15-19)25-22(30)13-21(39(3,36)37)14-23(25)35(24)28(18-8-10-38-11-9-18)17-4-6-20(29)7-5-17/h4-7,12-15,18,28H,8-11H2,1-3H3/t28-/m1/s1. The van der Waals surface area contributed by atoms with Gasteiger partial charge in [0.25, 0.3) is 0 Å². The van der Waals surface area contributed by atoms with Crippen LogP contribution >= 0.6 is 0 Å². The summed E-state index contributed by atoms with van der Waals surface area (Å²) in [6, 6.07) is 10.4. The molecule has 4 heterocycles. The summed E-state index contributed by atoms with van der Waals surface area (Å²) in [5, 5.41) is 8.51. The van der Waals surface area contributed by atoms with Gasteiger partial charge in [0.2, 0.25) is 0 Å². The maximum atomic E-state index is 15.8. The molecule has 1 aliphatic heterocycles. The summed E-state index contributed by atoms with van der Waals surface area (Å²) in [6.45, 7) is 2.97. The van der Waals surface area contributed by atoms with E-state index in [0.717, 1.165) is 42.0 Å². The molecule has 2 aromatic carbocycles. The van der Waals surface area contributed by atoms with Gasteiger partial charge in [-0.3, -0.25) is 4.98 Å². The maximum Gasteiger partial charge on any atom is 0.175 e. The zero-order valence-electron chi connectivity index (χ0n) is 21.7. The number of sulfone groups is 1. The Morgan fingerprint density at radius 3 is 2.41 bits per heavy atom. The lowest BCUT2D eigenvalue weighted by Gasteiger charge is -2.33. The summed E-state index contributed by atoms with van der Waals surface area (Å²) < 4.78 is 64.1. The first kappa shape index (κ1) is 25.6. The van der Waals surface area contributed by atoms with Gasteiger partial charge >= 0.3 is 0 Å². The second-order valence-electron chi connectivity index (χ2n) is 10.1. The van der Waals surface area contributed by atoms with Gasteiger partial charge in [-0.1, -0.05) is 17.3 Å². The minimum Gasteiger partial charge on any atom is -0.381 e. The molecule has 202 valence electrons. The minimum absolute atomic E-state index is 0.0664. The predicted molar refractivity (Wildman–Crippen MR) is 143 cm³/mol. The first-order valence-electron chi connectivity index (χ1n) is 12.7. The number of aromatic nitrogens is 5. The summed E-state index contributed by atoms with van der Waals surface area (Å²) in [4.78, 5) is 4.57. The van der Waals surface area contributed by atoms with Crippen LogP contribution in [0.25, 0.3) is 33.2 Å². The van der Waals surface area contributed by atoms with Gasteiger partial charge in [-0.05, 0) is 61.6 Å². The van der Waals surface area contributed by atoms with Crippen LogP contribution in [0.15, 0.2) is 53.6 Å². The average Bonchev–Trinajstić information content (AvgIpc) is 3.41. The van der Waals surface area contributed by atoms with Gasteiger partial charge in [-0.2, -0.15) is 0 Å². The van der Waals surface area contributed by atoms with Gasteiger partial charge in [0.1, 0.15) is 11.6 Å². The lowest BCUT2D eigenvalue weighted by molar-refractivity contribution is 0.0552. The summed E-state index contributed by atoms with van der Waals surface area (Å²) in [5.74, 6) is -0.961. The van der Waals surface area contributed by atoms with E-state index in [0.29, 0.717) is 35.5 Å². The van der Waals surface area contributed by atoms with Gasteiger partial charge in [-0.25, -0.2) is 21.9 Å². The molecule has 0 N–H and O–H groups in total. The molecule has 0 amide bonds. The number of ether oxygens (including phenoxy) is 1. The van der Waals surface area contributed by atoms with Crippen LogP contribution in [-0.2, 0) is 21.6 Å². The summed E-state index contributed by atoms with van der Waals surface area (Å²) in [5.41, 5.74) is 4.51. The number of hydrogen-bond acceptors (Lipinski definition) is 6. The molecule has 0 spiro atoms. The fraction of sp³-hybridized carbons (Fsp3) is 0.321. The number of nitrogens with zero attached hydrogens (tertiary/aromatic N) is 5. The van der Waals surface area contributed by atoms with E-state index in [2.05, 4.69) is 10.3 Å². The van der Waals surface area contributed by atoms with E-state index in [1.54, 1.807) is 30.1 Å². The number of rotatable bonds is 5. The summed E-state index contributed by atoms with van der Waals surface area (Å²) in [7, 11) is -1.92. The highest BCUT2D eigenvalue weighted by atomic mass is 32.2. The van der Waals surface area contributed by atoms with Crippen LogP contribution in [0.2, 0.25) is 0 Å². The lowest BCUT2D eigenvalue weighted by Crippen LogP contribution is -2.27. The third-order valence-electron chi connectivity index (χ3n) is 7.57. The van der Waals surface area contributed by atoms with E-state index in [1.165, 1.54) is 18.2 Å². The Kier molecular flexibility index (Phi) is 6.22. The Morgan fingerprint density at radius 2 is 1.77 bits per heavy atom. The Bertz CT molecular complexity index is 1800. The summed E-state index contributed by atoms with van der Waals surface area (Å²) >= 11 is 0. The highest BCUT2D eigenvalue weighted by Crippen LogP contribution is 2.42. The van der Waals surface area contributed by atoms with Crippen LogP contribution in [-0.4, -0.2) is 52.4 Å². The van der Waals surface area contributed by atoms with Gasteiger partial charge < -0.3 is 9.30 Å². The van der Waals surface area contributed by atoms with Crippen molar-refractivity contribution in [2.75, 3.05) is 19.5 Å². The topological polar surface area (TPSA) is 91.9 Å². The van der Waals surface area contributed by atoms with Crippen LogP contribution in [0.1, 0.15) is 30.1 Å². The van der Waals surface area contributed by atoms with Gasteiger partial charge in [-0.15, -0.1) is 5.10 Å². The van der Waals surface area contributed by atoms with Gasteiger partial charge in [0, 0.05) is 38.3 Å². The maximum absolute atomic E-state index is 15.8. The van der Waals surface area contributed by atoms with Crippen molar-refractivity contribution in [3.05, 3.63) is 71.6 Å². The number of pyridine rings is 1. The fourth-order valence-corrected chi connectivity index (χ4v) is 6.42. The molecule has 39 heavy (non-hydrogen) atoms. The van der Waals surface area contributed by atoms with Crippen molar-refractivity contribution in [1.29, 1.82) is 0 Å². The number of fused-ring (bicyclic) bond motifs is 3. The molecule has 0 bridgehead atoms. The first-order chi connectivity index (χ1) is 18.6. The number of hydrogen-bond donors (Lipinski definition) is 0. The van der Waals surface area contributed by atoms with E-state index < -0.39 is 15.7 Å². The molecule has 11 heteroatoms. The molecule has 0 radical (unpaired) electrons. The van der Waals surface area contributed by atoms with Crippen molar-refractivity contribution in [3.63, 3.8) is 0 Å². The number of benzene rings is 2. The predicted octanol–water partition coefficient (Wildman–Crippen LogP) is 4.99. The van der Waals surface area contributed by atoms with E-state index in [9.17, 15) is 12.8 Å². The fourth-order valence-electron chi connectivity index (χ4n) is 5.77. The molecule has 1 aliphatic rings. The molecule has 6 rings (SSSR count). The average molecular weight is 552 g/mol. The van der Waals surface area contributed by atoms with E-state index >= 15 is 4.39 Å². The molecule has 5 aromatic rings. The van der Waals surface area contributed by atoms with Crippen molar-refractivity contribution in [3.8, 4) is 11.3 Å². The van der Waals surface area contributed by atoms with E-state index in [-0.39, 0.29) is 28.1 Å². The molecule has 1 fully saturated rings. The van der Waals surface area contributed by atoms with E-state index in [4.69, 9.17) is 9.72 Å². The van der Waals surface area contributed by atoms with Crippen LogP contribution in [0.4, 0.5) is 8.78 Å². The van der Waals surface area contributed by atoms with Crippen molar-refractivity contribution in [2.45, 2.75) is 30.7 Å². The van der Waals surface area contributed by atoms with E-state index in [1.807, 2.05) is 17.6 Å². The Labute approximate surface area is 224 Å². The molecule has 3 aromatic heterocycles. The highest BCUT2D eigenvalue weighted by molar-refractivity contribution is 7.90. The molecular weight excluding hydrogens is 524 g/mol. The van der Waals surface area contributed by atoms with Gasteiger partial charge in [0.05, 0.1) is 44.3 Å². The lowest BCUT2D eigenvalue weighted by atomic mass is 9.86. The molecule has 1 saturated heterocycles. The zero-order chi connectivity index (χ0) is 27.5. The highest BCUT2D eigenvalue weighted by Gasteiger charge is 2.32. The molecule has 0 aliphatic carbocycles. The van der Waals surface area contributed by atoms with Crippen molar-refractivity contribution in [1.82, 2.24) is 24.5 Å². The van der Waals surface area contributed by atoms with Crippen molar-refractivity contribution in [2.24, 2.45) is 13.0 Å². The number of halogens is 2. The molecular formula is C28H27F2N5O3S. The van der Waals surface area contributed by atoms with Crippen molar-refractivity contribution >= 4 is 31.8 Å². The smallest absolute Gasteiger partial charge is 0.175 e. The van der Waals surface area contributed by atoms with Crippen LogP contribution in [0.3, 0.4) is 0 Å². The number of aryl methyl sites for hydroxylation is 2. The van der Waals surface area contributed by atoms with Crippen LogP contribution in [0.5, 0.6) is 0 Å². The zero-order valence-corrected chi connectivity index (χ0v) is 22.5. The Balaban J connectivity index is 1.74.